The first-order valence-electron chi connectivity index (χ1n) is 4.77. The Bertz CT molecular complexity index is 262. The van der Waals surface area contributed by atoms with E-state index in [1.807, 2.05) is 14.0 Å². The van der Waals surface area contributed by atoms with Crippen LogP contribution >= 0.6 is 0 Å². The maximum Gasteiger partial charge on any atom is 0.244 e. The second-order valence-corrected chi connectivity index (χ2v) is 3.12. The first-order valence-corrected chi connectivity index (χ1v) is 4.77. The second-order valence-electron chi connectivity index (χ2n) is 3.12. The van der Waals surface area contributed by atoms with E-state index in [1.165, 1.54) is 0 Å². The van der Waals surface area contributed by atoms with E-state index in [4.69, 9.17) is 9.15 Å². The van der Waals surface area contributed by atoms with Gasteiger partial charge in [-0.3, -0.25) is 0 Å². The Balaban J connectivity index is 2.42. The molecule has 0 aromatic carbocycles. The summed E-state index contributed by atoms with van der Waals surface area (Å²) in [5, 5.41) is 10.9. The van der Waals surface area contributed by atoms with E-state index in [0.717, 1.165) is 19.4 Å². The Morgan fingerprint density at radius 1 is 1.50 bits per heavy atom. The average Bonchev–Trinajstić information content (AvgIpc) is 2.66. The van der Waals surface area contributed by atoms with Gasteiger partial charge in [0.05, 0.1) is 0 Å². The number of aryl methyl sites for hydroxylation is 1. The molecule has 0 fully saturated rings. The maximum atomic E-state index is 5.41. The molecule has 0 aliphatic rings. The molecule has 5 heteroatoms. The summed E-state index contributed by atoms with van der Waals surface area (Å²) < 4.78 is 10.5. The van der Waals surface area contributed by atoms with Gasteiger partial charge in [-0.15, -0.1) is 10.2 Å². The van der Waals surface area contributed by atoms with Crippen LogP contribution in [-0.2, 0) is 11.2 Å². The van der Waals surface area contributed by atoms with Crippen LogP contribution in [0.3, 0.4) is 0 Å². The first kappa shape index (κ1) is 11.1. The molecule has 1 aromatic rings. The molecular formula is C9H17N3O2. The van der Waals surface area contributed by atoms with Crippen molar-refractivity contribution in [2.24, 2.45) is 0 Å². The molecule has 0 amide bonds. The lowest BCUT2D eigenvalue weighted by atomic mass is 10.3. The van der Waals surface area contributed by atoms with Crippen molar-refractivity contribution in [2.75, 3.05) is 20.7 Å². The zero-order valence-corrected chi connectivity index (χ0v) is 8.91. The zero-order chi connectivity index (χ0) is 10.4. The molecule has 0 bridgehead atoms. The Hall–Kier alpha value is -0.940. The van der Waals surface area contributed by atoms with Gasteiger partial charge in [-0.05, 0) is 26.9 Å². The molecule has 0 aliphatic heterocycles. The standard InChI is InChI=1S/C9H17N3O2/c1-7(13-3)9-12-11-8(14-9)5-4-6-10-2/h7,10H,4-6H2,1-3H3. The van der Waals surface area contributed by atoms with Crippen molar-refractivity contribution in [3.63, 3.8) is 0 Å². The number of aromatic nitrogens is 2. The molecule has 5 nitrogen and oxygen atoms in total. The monoisotopic (exact) mass is 199 g/mol. The maximum absolute atomic E-state index is 5.41. The molecule has 1 rings (SSSR count). The van der Waals surface area contributed by atoms with Crippen LogP contribution in [0.4, 0.5) is 0 Å². The van der Waals surface area contributed by atoms with Crippen molar-refractivity contribution in [2.45, 2.75) is 25.9 Å². The minimum Gasteiger partial charge on any atom is -0.422 e. The summed E-state index contributed by atoms with van der Waals surface area (Å²) in [6, 6.07) is 0. The Morgan fingerprint density at radius 2 is 2.29 bits per heavy atom. The number of hydrogen-bond donors (Lipinski definition) is 1. The molecule has 0 saturated heterocycles. The van der Waals surface area contributed by atoms with E-state index in [2.05, 4.69) is 15.5 Å². The van der Waals surface area contributed by atoms with Crippen LogP contribution in [-0.4, -0.2) is 30.9 Å². The van der Waals surface area contributed by atoms with Crippen LogP contribution in [0.15, 0.2) is 4.42 Å². The third-order valence-corrected chi connectivity index (χ3v) is 2.00. The normalized spacial score (nSPS) is 13.1. The molecule has 0 aliphatic carbocycles. The number of hydrogen-bond acceptors (Lipinski definition) is 5. The fourth-order valence-corrected chi connectivity index (χ4v) is 1.05. The Kier molecular flexibility index (Phi) is 4.55. The molecule has 0 saturated carbocycles. The lowest BCUT2D eigenvalue weighted by Gasteiger charge is -2.01. The topological polar surface area (TPSA) is 60.2 Å². The van der Waals surface area contributed by atoms with Gasteiger partial charge in [0.15, 0.2) is 0 Å². The van der Waals surface area contributed by atoms with Gasteiger partial charge in [0.2, 0.25) is 11.8 Å². The highest BCUT2D eigenvalue weighted by Gasteiger charge is 2.12. The predicted octanol–water partition coefficient (Wildman–Crippen LogP) is 0.929. The van der Waals surface area contributed by atoms with Gasteiger partial charge in [0, 0.05) is 13.5 Å². The highest BCUT2D eigenvalue weighted by atomic mass is 16.5. The van der Waals surface area contributed by atoms with Crippen molar-refractivity contribution in [1.29, 1.82) is 0 Å². The molecule has 80 valence electrons. The van der Waals surface area contributed by atoms with Crippen LogP contribution in [0.2, 0.25) is 0 Å². The van der Waals surface area contributed by atoms with Crippen molar-refractivity contribution in [1.82, 2.24) is 15.5 Å². The van der Waals surface area contributed by atoms with Crippen LogP contribution in [0, 0.1) is 0 Å². The molecule has 1 atom stereocenters. The third-order valence-electron chi connectivity index (χ3n) is 2.00. The van der Waals surface area contributed by atoms with Crippen LogP contribution in [0.5, 0.6) is 0 Å². The molecule has 1 heterocycles. The van der Waals surface area contributed by atoms with Gasteiger partial charge < -0.3 is 14.5 Å². The van der Waals surface area contributed by atoms with Crippen LogP contribution in [0.1, 0.15) is 31.2 Å². The van der Waals surface area contributed by atoms with Gasteiger partial charge in [0.25, 0.3) is 0 Å². The summed E-state index contributed by atoms with van der Waals surface area (Å²) in [5.74, 6) is 1.23. The molecule has 1 unspecified atom stereocenters. The highest BCUT2D eigenvalue weighted by molar-refractivity contribution is 4.85. The molecule has 1 aromatic heterocycles. The molecule has 0 radical (unpaired) electrons. The fourth-order valence-electron chi connectivity index (χ4n) is 1.05. The van der Waals surface area contributed by atoms with E-state index < -0.39 is 0 Å². The number of rotatable bonds is 6. The minimum absolute atomic E-state index is 0.124. The summed E-state index contributed by atoms with van der Waals surface area (Å²) in [6.45, 7) is 2.84. The molecular weight excluding hydrogens is 182 g/mol. The Labute approximate surface area is 83.9 Å². The largest absolute Gasteiger partial charge is 0.422 e. The van der Waals surface area contributed by atoms with Crippen molar-refractivity contribution < 1.29 is 9.15 Å². The quantitative estimate of drug-likeness (QED) is 0.690. The average molecular weight is 199 g/mol. The summed E-state index contributed by atoms with van der Waals surface area (Å²) in [7, 11) is 3.54. The lowest BCUT2D eigenvalue weighted by Crippen LogP contribution is -2.08. The minimum atomic E-state index is -0.124. The highest BCUT2D eigenvalue weighted by Crippen LogP contribution is 2.14. The van der Waals surface area contributed by atoms with E-state index in [-0.39, 0.29) is 6.10 Å². The number of nitrogens with zero attached hydrogens (tertiary/aromatic N) is 2. The lowest BCUT2D eigenvalue weighted by molar-refractivity contribution is 0.0935. The summed E-state index contributed by atoms with van der Waals surface area (Å²) in [6.07, 6.45) is 1.68. The van der Waals surface area contributed by atoms with E-state index in [0.29, 0.717) is 11.8 Å². The number of methoxy groups -OCH3 is 1. The van der Waals surface area contributed by atoms with Gasteiger partial charge in [0.1, 0.15) is 6.10 Å². The SMILES string of the molecule is CNCCCc1nnc(C(C)OC)o1. The van der Waals surface area contributed by atoms with E-state index >= 15 is 0 Å². The van der Waals surface area contributed by atoms with Gasteiger partial charge in [-0.2, -0.15) is 0 Å². The van der Waals surface area contributed by atoms with E-state index in [9.17, 15) is 0 Å². The molecule has 1 N–H and O–H groups in total. The summed E-state index contributed by atoms with van der Waals surface area (Å²) in [4.78, 5) is 0. The Morgan fingerprint density at radius 3 is 2.93 bits per heavy atom. The molecule has 14 heavy (non-hydrogen) atoms. The number of ether oxygens (including phenoxy) is 1. The smallest absolute Gasteiger partial charge is 0.244 e. The van der Waals surface area contributed by atoms with Crippen molar-refractivity contribution in [3.8, 4) is 0 Å². The van der Waals surface area contributed by atoms with Gasteiger partial charge >= 0.3 is 0 Å². The predicted molar refractivity (Wildman–Crippen MR) is 52.0 cm³/mol. The van der Waals surface area contributed by atoms with Crippen LogP contribution < -0.4 is 5.32 Å². The number of nitrogens with one attached hydrogen (secondary N) is 1. The first-order chi connectivity index (χ1) is 6.77. The second kappa shape index (κ2) is 5.72. The van der Waals surface area contributed by atoms with Crippen LogP contribution in [0.25, 0.3) is 0 Å². The van der Waals surface area contributed by atoms with Crippen molar-refractivity contribution >= 4 is 0 Å². The van der Waals surface area contributed by atoms with E-state index in [1.54, 1.807) is 7.11 Å². The summed E-state index contributed by atoms with van der Waals surface area (Å²) in [5.41, 5.74) is 0. The van der Waals surface area contributed by atoms with Crippen molar-refractivity contribution in [3.05, 3.63) is 11.8 Å². The molecule has 0 spiro atoms. The summed E-state index contributed by atoms with van der Waals surface area (Å²) >= 11 is 0. The fraction of sp³-hybridized carbons (Fsp3) is 0.778. The third kappa shape index (κ3) is 3.08. The van der Waals surface area contributed by atoms with Gasteiger partial charge in [-0.25, -0.2) is 0 Å². The van der Waals surface area contributed by atoms with Gasteiger partial charge in [-0.1, -0.05) is 0 Å². The zero-order valence-electron chi connectivity index (χ0n) is 8.91.